The molecule has 2 aliphatic heterocycles. The van der Waals surface area contributed by atoms with Crippen LogP contribution in [-0.4, -0.2) is 69.0 Å². The van der Waals surface area contributed by atoms with E-state index in [4.69, 9.17) is 14.5 Å². The summed E-state index contributed by atoms with van der Waals surface area (Å²) >= 11 is 0. The Morgan fingerprint density at radius 1 is 1.26 bits per heavy atom. The largest absolute Gasteiger partial charge is 0.381 e. The van der Waals surface area contributed by atoms with Crippen LogP contribution in [0, 0.1) is 5.92 Å². The third-order valence-electron chi connectivity index (χ3n) is 6.28. The number of guanidine groups is 1. The molecule has 2 saturated heterocycles. The predicted octanol–water partition coefficient (Wildman–Crippen LogP) is 3.83. The molecular weight excluding hydrogens is 503 g/mol. The fourth-order valence-electron chi connectivity index (χ4n) is 4.49. The van der Waals surface area contributed by atoms with E-state index in [1.807, 2.05) is 0 Å². The molecule has 2 unspecified atom stereocenters. The van der Waals surface area contributed by atoms with Crippen LogP contribution >= 0.6 is 24.0 Å². The molecule has 0 aliphatic carbocycles. The van der Waals surface area contributed by atoms with E-state index in [0.717, 1.165) is 71.4 Å². The van der Waals surface area contributed by atoms with Gasteiger partial charge in [-0.1, -0.05) is 30.3 Å². The molecule has 2 fully saturated rings. The molecular formula is C24H41IN4O2. The Bertz CT molecular complexity index is 652. The molecule has 2 N–H and O–H groups in total. The second kappa shape index (κ2) is 13.6. The quantitative estimate of drug-likeness (QED) is 0.281. The molecule has 0 aromatic heterocycles. The summed E-state index contributed by atoms with van der Waals surface area (Å²) < 4.78 is 11.3. The number of likely N-dealkylation sites (tertiary alicyclic amines) is 1. The Balaban J connectivity index is 0.00000341. The van der Waals surface area contributed by atoms with Gasteiger partial charge < -0.3 is 25.0 Å². The molecule has 31 heavy (non-hydrogen) atoms. The lowest BCUT2D eigenvalue weighted by atomic mass is 9.88. The standard InChI is InChI=1S/C24H40N4O2.HI/c1-4-25-23(28-14-11-21(17-28)18-29-5-2)26-19-24(12-15-30-16-13-24)27-20(3)22-9-7-6-8-10-22;/h6-10,20-21,27H,4-5,11-19H2,1-3H3,(H,25,26);1H. The summed E-state index contributed by atoms with van der Waals surface area (Å²) in [4.78, 5) is 7.53. The van der Waals surface area contributed by atoms with Crippen molar-refractivity contribution in [2.24, 2.45) is 10.9 Å². The summed E-state index contributed by atoms with van der Waals surface area (Å²) in [5.74, 6) is 1.64. The van der Waals surface area contributed by atoms with E-state index in [-0.39, 0.29) is 35.6 Å². The maximum absolute atomic E-state index is 5.69. The van der Waals surface area contributed by atoms with Crippen LogP contribution in [0.3, 0.4) is 0 Å². The van der Waals surface area contributed by atoms with E-state index >= 15 is 0 Å². The number of rotatable bonds is 9. The smallest absolute Gasteiger partial charge is 0.193 e. The van der Waals surface area contributed by atoms with Crippen LogP contribution in [0.4, 0.5) is 0 Å². The second-order valence-corrected chi connectivity index (χ2v) is 8.60. The fraction of sp³-hybridized carbons (Fsp3) is 0.708. The van der Waals surface area contributed by atoms with Gasteiger partial charge in [-0.05, 0) is 45.6 Å². The highest BCUT2D eigenvalue weighted by Crippen LogP contribution is 2.26. The summed E-state index contributed by atoms with van der Waals surface area (Å²) in [6.07, 6.45) is 3.15. The monoisotopic (exact) mass is 544 g/mol. The average molecular weight is 545 g/mol. The van der Waals surface area contributed by atoms with E-state index in [9.17, 15) is 0 Å². The molecule has 176 valence electrons. The number of nitrogens with one attached hydrogen (secondary N) is 2. The summed E-state index contributed by atoms with van der Waals surface area (Å²) in [6, 6.07) is 11.0. The molecule has 6 nitrogen and oxygen atoms in total. The molecule has 1 aromatic rings. The molecule has 0 amide bonds. The molecule has 2 aliphatic rings. The summed E-state index contributed by atoms with van der Waals surface area (Å²) in [5, 5.41) is 7.44. The normalized spacial score (nSPS) is 22.1. The van der Waals surface area contributed by atoms with E-state index in [0.29, 0.717) is 5.92 Å². The number of aliphatic imine (C=N–C) groups is 1. The Morgan fingerprint density at radius 3 is 2.68 bits per heavy atom. The average Bonchev–Trinajstić information content (AvgIpc) is 3.25. The van der Waals surface area contributed by atoms with E-state index in [2.05, 4.69) is 66.6 Å². The van der Waals surface area contributed by atoms with Gasteiger partial charge in [-0.25, -0.2) is 0 Å². The van der Waals surface area contributed by atoms with Gasteiger partial charge in [0.25, 0.3) is 0 Å². The number of hydrogen-bond donors (Lipinski definition) is 2. The lowest BCUT2D eigenvalue weighted by Gasteiger charge is -2.40. The molecule has 2 atom stereocenters. The number of halogens is 1. The molecule has 0 saturated carbocycles. The van der Waals surface area contributed by atoms with E-state index in [1.54, 1.807) is 0 Å². The molecule has 3 rings (SSSR count). The van der Waals surface area contributed by atoms with Gasteiger partial charge >= 0.3 is 0 Å². The highest BCUT2D eigenvalue weighted by atomic mass is 127. The lowest BCUT2D eigenvalue weighted by Crippen LogP contribution is -2.53. The van der Waals surface area contributed by atoms with Crippen LogP contribution in [0.15, 0.2) is 35.3 Å². The van der Waals surface area contributed by atoms with Crippen molar-refractivity contribution in [3.8, 4) is 0 Å². The van der Waals surface area contributed by atoms with Gasteiger partial charge in [-0.2, -0.15) is 0 Å². The van der Waals surface area contributed by atoms with Crippen LogP contribution in [-0.2, 0) is 9.47 Å². The van der Waals surface area contributed by atoms with Crippen LogP contribution < -0.4 is 10.6 Å². The van der Waals surface area contributed by atoms with Crippen LogP contribution in [0.25, 0.3) is 0 Å². The SMILES string of the molecule is CCNC(=NCC1(NC(C)c2ccccc2)CCOCC1)N1CCC(COCC)C1.I. The predicted molar refractivity (Wildman–Crippen MR) is 138 cm³/mol. The van der Waals surface area contributed by atoms with Gasteiger partial charge in [0.2, 0.25) is 0 Å². The molecule has 0 spiro atoms. The Kier molecular flexibility index (Phi) is 11.6. The molecule has 2 heterocycles. The van der Waals surface area contributed by atoms with Crippen LogP contribution in [0.2, 0.25) is 0 Å². The zero-order valence-electron chi connectivity index (χ0n) is 19.4. The Morgan fingerprint density at radius 2 is 2.00 bits per heavy atom. The van der Waals surface area contributed by atoms with Crippen molar-refractivity contribution < 1.29 is 9.47 Å². The number of benzene rings is 1. The van der Waals surface area contributed by atoms with Crippen molar-refractivity contribution >= 4 is 29.9 Å². The van der Waals surface area contributed by atoms with Crippen molar-refractivity contribution in [3.05, 3.63) is 35.9 Å². The molecule has 7 heteroatoms. The van der Waals surface area contributed by atoms with Crippen molar-refractivity contribution in [1.29, 1.82) is 0 Å². The second-order valence-electron chi connectivity index (χ2n) is 8.60. The first-order valence-electron chi connectivity index (χ1n) is 11.7. The minimum atomic E-state index is -0.0291. The highest BCUT2D eigenvalue weighted by Gasteiger charge is 2.34. The van der Waals surface area contributed by atoms with E-state index in [1.165, 1.54) is 12.0 Å². The summed E-state index contributed by atoms with van der Waals surface area (Å²) in [5.41, 5.74) is 1.29. The van der Waals surface area contributed by atoms with Crippen LogP contribution in [0.1, 0.15) is 51.6 Å². The maximum Gasteiger partial charge on any atom is 0.193 e. The first-order valence-corrected chi connectivity index (χ1v) is 11.7. The van der Waals surface area contributed by atoms with Gasteiger partial charge in [-0.15, -0.1) is 24.0 Å². The van der Waals surface area contributed by atoms with Crippen molar-refractivity contribution in [2.45, 2.75) is 51.6 Å². The number of hydrogen-bond acceptors (Lipinski definition) is 4. The van der Waals surface area contributed by atoms with E-state index < -0.39 is 0 Å². The van der Waals surface area contributed by atoms with Gasteiger partial charge in [0.05, 0.1) is 13.2 Å². The molecule has 1 aromatic carbocycles. The van der Waals surface area contributed by atoms with Gasteiger partial charge in [0, 0.05) is 57.0 Å². The minimum Gasteiger partial charge on any atom is -0.381 e. The first-order chi connectivity index (χ1) is 14.7. The fourth-order valence-corrected chi connectivity index (χ4v) is 4.49. The molecule has 0 bridgehead atoms. The zero-order valence-corrected chi connectivity index (χ0v) is 21.8. The summed E-state index contributed by atoms with van der Waals surface area (Å²) in [6.45, 7) is 13.4. The minimum absolute atomic E-state index is 0. The van der Waals surface area contributed by atoms with Gasteiger partial charge in [-0.3, -0.25) is 4.99 Å². The summed E-state index contributed by atoms with van der Waals surface area (Å²) in [7, 11) is 0. The van der Waals surface area contributed by atoms with Gasteiger partial charge in [0.15, 0.2) is 5.96 Å². The maximum atomic E-state index is 5.69. The van der Waals surface area contributed by atoms with Gasteiger partial charge in [0.1, 0.15) is 0 Å². The zero-order chi connectivity index (χ0) is 21.2. The lowest BCUT2D eigenvalue weighted by molar-refractivity contribution is 0.0373. The number of nitrogens with zero attached hydrogens (tertiary/aromatic N) is 2. The molecule has 0 radical (unpaired) electrons. The third kappa shape index (κ3) is 7.87. The van der Waals surface area contributed by atoms with Crippen molar-refractivity contribution in [1.82, 2.24) is 15.5 Å². The van der Waals surface area contributed by atoms with Crippen LogP contribution in [0.5, 0.6) is 0 Å². The topological polar surface area (TPSA) is 58.1 Å². The van der Waals surface area contributed by atoms with Crippen molar-refractivity contribution in [3.63, 3.8) is 0 Å². The first kappa shape index (κ1) is 26.4. The highest BCUT2D eigenvalue weighted by molar-refractivity contribution is 14.0. The Labute approximate surface area is 205 Å². The third-order valence-corrected chi connectivity index (χ3v) is 6.28. The number of ether oxygens (including phenoxy) is 2. The Hall–Kier alpha value is -0.900. The van der Waals surface area contributed by atoms with Crippen molar-refractivity contribution in [2.75, 3.05) is 52.6 Å².